The Morgan fingerprint density at radius 1 is 1.05 bits per heavy atom. The number of hydrogen-bond acceptors (Lipinski definition) is 3. The molecule has 0 atom stereocenters. The summed E-state index contributed by atoms with van der Waals surface area (Å²) < 4.78 is 5.66. The van der Waals surface area contributed by atoms with E-state index in [0.717, 1.165) is 5.56 Å². The molecule has 0 saturated heterocycles. The molecule has 92 valence electrons. The normalized spacial score (nSPS) is 9.47. The van der Waals surface area contributed by atoms with Crippen molar-refractivity contribution in [3.63, 3.8) is 0 Å². The van der Waals surface area contributed by atoms with E-state index in [2.05, 4.69) is 0 Å². The maximum absolute atomic E-state index is 9.07. The Labute approximate surface area is 116 Å². The number of benzene rings is 2. The predicted octanol–water partition coefficient (Wildman–Crippen LogP) is 4.18. The van der Waals surface area contributed by atoms with E-state index in [4.69, 9.17) is 26.9 Å². The standard InChI is InChI=1S/C15H9ClN2O/c1-10-5-6-13(16)14(7-10)19-15-11(8-17)3-2-4-12(15)9-18/h2-7H,1H3. The third kappa shape index (κ3) is 2.68. The van der Waals surface area contributed by atoms with Gasteiger partial charge >= 0.3 is 0 Å². The van der Waals surface area contributed by atoms with Crippen LogP contribution >= 0.6 is 11.6 Å². The van der Waals surface area contributed by atoms with Crippen LogP contribution in [-0.4, -0.2) is 0 Å². The van der Waals surface area contributed by atoms with Crippen LogP contribution in [0.4, 0.5) is 0 Å². The molecule has 0 aliphatic rings. The third-order valence-corrected chi connectivity index (χ3v) is 2.87. The molecule has 0 saturated carbocycles. The first-order valence-electron chi connectivity index (χ1n) is 5.53. The Morgan fingerprint density at radius 2 is 1.68 bits per heavy atom. The molecule has 0 N–H and O–H groups in total. The van der Waals surface area contributed by atoms with Gasteiger partial charge < -0.3 is 4.74 Å². The minimum absolute atomic E-state index is 0.236. The summed E-state index contributed by atoms with van der Waals surface area (Å²) in [5.74, 6) is 0.667. The van der Waals surface area contributed by atoms with Gasteiger partial charge in [-0.15, -0.1) is 0 Å². The fraction of sp³-hybridized carbons (Fsp3) is 0.0667. The summed E-state index contributed by atoms with van der Waals surface area (Å²) in [6.45, 7) is 1.91. The van der Waals surface area contributed by atoms with E-state index in [1.807, 2.05) is 25.1 Å². The Morgan fingerprint density at radius 3 is 2.26 bits per heavy atom. The Bertz CT molecular complexity index is 679. The van der Waals surface area contributed by atoms with Gasteiger partial charge in [-0.05, 0) is 36.8 Å². The fourth-order valence-electron chi connectivity index (χ4n) is 1.62. The van der Waals surface area contributed by atoms with Gasteiger partial charge in [0.05, 0.1) is 16.1 Å². The van der Waals surface area contributed by atoms with Crippen molar-refractivity contribution in [3.8, 4) is 23.6 Å². The third-order valence-electron chi connectivity index (χ3n) is 2.55. The topological polar surface area (TPSA) is 56.8 Å². The molecule has 0 fully saturated rings. The summed E-state index contributed by atoms with van der Waals surface area (Å²) in [6.07, 6.45) is 0. The van der Waals surface area contributed by atoms with E-state index in [1.165, 1.54) is 0 Å². The van der Waals surface area contributed by atoms with E-state index in [0.29, 0.717) is 21.9 Å². The van der Waals surface area contributed by atoms with Crippen LogP contribution in [0.15, 0.2) is 36.4 Å². The Hall–Kier alpha value is -2.49. The van der Waals surface area contributed by atoms with Gasteiger partial charge in [-0.3, -0.25) is 0 Å². The molecule has 0 aromatic heterocycles. The van der Waals surface area contributed by atoms with Gasteiger partial charge in [0.25, 0.3) is 0 Å². The highest BCUT2D eigenvalue weighted by atomic mass is 35.5. The van der Waals surface area contributed by atoms with Crippen molar-refractivity contribution in [1.29, 1.82) is 10.5 Å². The van der Waals surface area contributed by atoms with Crippen molar-refractivity contribution in [1.82, 2.24) is 0 Å². The summed E-state index contributed by atoms with van der Waals surface area (Å²) in [5, 5.41) is 18.6. The maximum atomic E-state index is 9.07. The van der Waals surface area contributed by atoms with Gasteiger partial charge in [-0.2, -0.15) is 10.5 Å². The monoisotopic (exact) mass is 268 g/mol. The molecule has 2 aromatic rings. The second-order valence-electron chi connectivity index (χ2n) is 3.94. The van der Waals surface area contributed by atoms with Crippen LogP contribution in [0.2, 0.25) is 5.02 Å². The zero-order valence-corrected chi connectivity index (χ0v) is 10.9. The number of nitriles is 2. The van der Waals surface area contributed by atoms with E-state index in [1.54, 1.807) is 30.3 Å². The Balaban J connectivity index is 2.52. The lowest BCUT2D eigenvalue weighted by Gasteiger charge is -2.11. The van der Waals surface area contributed by atoms with Gasteiger partial charge in [0.2, 0.25) is 0 Å². The van der Waals surface area contributed by atoms with Crippen LogP contribution in [-0.2, 0) is 0 Å². The van der Waals surface area contributed by atoms with Crippen LogP contribution < -0.4 is 4.74 Å². The molecule has 2 rings (SSSR count). The van der Waals surface area contributed by atoms with Gasteiger partial charge in [0.15, 0.2) is 5.75 Å². The molecule has 4 heteroatoms. The molecule has 2 aromatic carbocycles. The van der Waals surface area contributed by atoms with E-state index in [-0.39, 0.29) is 5.75 Å². The molecular weight excluding hydrogens is 260 g/mol. The van der Waals surface area contributed by atoms with Gasteiger partial charge in [-0.25, -0.2) is 0 Å². The second kappa shape index (κ2) is 5.44. The average Bonchev–Trinajstić information content (AvgIpc) is 2.43. The summed E-state index contributed by atoms with van der Waals surface area (Å²) in [5.41, 5.74) is 1.58. The molecule has 0 aliphatic carbocycles. The first kappa shape index (κ1) is 13.0. The van der Waals surface area contributed by atoms with Gasteiger partial charge in [0.1, 0.15) is 17.9 Å². The number of ether oxygens (including phenoxy) is 1. The van der Waals surface area contributed by atoms with E-state index < -0.39 is 0 Å². The van der Waals surface area contributed by atoms with Crippen LogP contribution in [0.25, 0.3) is 0 Å². The minimum atomic E-state index is 0.236. The number of hydrogen-bond donors (Lipinski definition) is 0. The smallest absolute Gasteiger partial charge is 0.162 e. The lowest BCUT2D eigenvalue weighted by Crippen LogP contribution is -1.93. The quantitative estimate of drug-likeness (QED) is 0.821. The molecule has 19 heavy (non-hydrogen) atoms. The van der Waals surface area contributed by atoms with Crippen molar-refractivity contribution in [2.45, 2.75) is 6.92 Å². The number of halogens is 1. The van der Waals surface area contributed by atoms with Crippen LogP contribution in [0, 0.1) is 29.6 Å². The molecule has 0 heterocycles. The number of nitrogens with zero attached hydrogens (tertiary/aromatic N) is 2. The Kier molecular flexibility index (Phi) is 3.71. The SMILES string of the molecule is Cc1ccc(Cl)c(Oc2c(C#N)cccc2C#N)c1. The maximum Gasteiger partial charge on any atom is 0.162 e. The molecule has 0 unspecified atom stereocenters. The highest BCUT2D eigenvalue weighted by molar-refractivity contribution is 6.32. The van der Waals surface area contributed by atoms with E-state index in [9.17, 15) is 0 Å². The molecular formula is C15H9ClN2O. The van der Waals surface area contributed by atoms with Crippen molar-refractivity contribution >= 4 is 11.6 Å². The molecule has 0 bridgehead atoms. The molecule has 0 spiro atoms. The summed E-state index contributed by atoms with van der Waals surface area (Å²) in [4.78, 5) is 0. The van der Waals surface area contributed by atoms with Crippen molar-refractivity contribution in [3.05, 3.63) is 58.1 Å². The fourth-order valence-corrected chi connectivity index (χ4v) is 1.78. The van der Waals surface area contributed by atoms with Gasteiger partial charge in [-0.1, -0.05) is 23.7 Å². The average molecular weight is 269 g/mol. The lowest BCUT2D eigenvalue weighted by atomic mass is 10.1. The first-order valence-corrected chi connectivity index (χ1v) is 5.90. The molecule has 0 aliphatic heterocycles. The summed E-state index contributed by atoms with van der Waals surface area (Å²) >= 11 is 6.05. The summed E-state index contributed by atoms with van der Waals surface area (Å²) in [7, 11) is 0. The predicted molar refractivity (Wildman–Crippen MR) is 72.1 cm³/mol. The van der Waals surface area contributed by atoms with Crippen molar-refractivity contribution < 1.29 is 4.74 Å². The molecule has 3 nitrogen and oxygen atoms in total. The zero-order chi connectivity index (χ0) is 13.8. The first-order chi connectivity index (χ1) is 9.15. The minimum Gasteiger partial charge on any atom is -0.453 e. The zero-order valence-electron chi connectivity index (χ0n) is 10.1. The number of aryl methyl sites for hydroxylation is 1. The van der Waals surface area contributed by atoms with Crippen molar-refractivity contribution in [2.75, 3.05) is 0 Å². The number of rotatable bonds is 2. The van der Waals surface area contributed by atoms with Crippen LogP contribution in [0.5, 0.6) is 11.5 Å². The molecule has 0 radical (unpaired) electrons. The highest BCUT2D eigenvalue weighted by Crippen LogP contribution is 2.33. The van der Waals surface area contributed by atoms with Gasteiger partial charge in [0, 0.05) is 0 Å². The van der Waals surface area contributed by atoms with Crippen molar-refractivity contribution in [2.24, 2.45) is 0 Å². The largest absolute Gasteiger partial charge is 0.453 e. The lowest BCUT2D eigenvalue weighted by molar-refractivity contribution is 0.479. The molecule has 0 amide bonds. The van der Waals surface area contributed by atoms with E-state index >= 15 is 0 Å². The summed E-state index contributed by atoms with van der Waals surface area (Å²) in [6, 6.07) is 14.2. The van der Waals surface area contributed by atoms with Crippen LogP contribution in [0.1, 0.15) is 16.7 Å². The number of para-hydroxylation sites is 1. The second-order valence-corrected chi connectivity index (χ2v) is 4.35. The van der Waals surface area contributed by atoms with Crippen LogP contribution in [0.3, 0.4) is 0 Å². The highest BCUT2D eigenvalue weighted by Gasteiger charge is 2.12.